The van der Waals surface area contributed by atoms with Crippen LogP contribution in [-0.4, -0.2) is 51.3 Å². The van der Waals surface area contributed by atoms with Gasteiger partial charge in [0.2, 0.25) is 10.0 Å². The zero-order chi connectivity index (χ0) is 9.90. The molecule has 0 spiro atoms. The van der Waals surface area contributed by atoms with E-state index < -0.39 is 10.0 Å². The van der Waals surface area contributed by atoms with Gasteiger partial charge in [0, 0.05) is 26.2 Å². The van der Waals surface area contributed by atoms with Crippen molar-refractivity contribution in [1.82, 2.24) is 4.31 Å². The fourth-order valence-electron chi connectivity index (χ4n) is 1.32. The van der Waals surface area contributed by atoms with E-state index in [0.717, 1.165) is 6.42 Å². The van der Waals surface area contributed by atoms with E-state index in [1.54, 1.807) is 0 Å². The van der Waals surface area contributed by atoms with Crippen molar-refractivity contribution in [3.05, 3.63) is 0 Å². The molecule has 13 heavy (non-hydrogen) atoms. The largest absolute Gasteiger partial charge is 0.384 e. The number of rotatable bonds is 4. The molecule has 5 nitrogen and oxygen atoms in total. The van der Waals surface area contributed by atoms with Gasteiger partial charge < -0.3 is 10.5 Å². The summed E-state index contributed by atoms with van der Waals surface area (Å²) >= 11 is 0. The maximum atomic E-state index is 11.5. The summed E-state index contributed by atoms with van der Waals surface area (Å²) in [6.07, 6.45) is 0.756. The predicted molar refractivity (Wildman–Crippen MR) is 49.8 cm³/mol. The van der Waals surface area contributed by atoms with E-state index in [4.69, 9.17) is 10.5 Å². The molecule has 0 aliphatic carbocycles. The fourth-order valence-corrected chi connectivity index (χ4v) is 2.76. The minimum absolute atomic E-state index is 0.00248. The summed E-state index contributed by atoms with van der Waals surface area (Å²) in [7, 11) is -1.64. The molecule has 0 bridgehead atoms. The van der Waals surface area contributed by atoms with Crippen LogP contribution in [0, 0.1) is 0 Å². The summed E-state index contributed by atoms with van der Waals surface area (Å²) < 4.78 is 29.2. The molecule has 0 aromatic carbocycles. The number of hydrogen-bond donors (Lipinski definition) is 1. The summed E-state index contributed by atoms with van der Waals surface area (Å²) in [6.45, 7) is 1.24. The van der Waals surface area contributed by atoms with Gasteiger partial charge in [-0.2, -0.15) is 0 Å². The molecule has 1 saturated heterocycles. The second-order valence-electron chi connectivity index (χ2n) is 3.22. The van der Waals surface area contributed by atoms with Gasteiger partial charge in [-0.25, -0.2) is 12.7 Å². The molecular formula is C7H16N2O3S. The second kappa shape index (κ2) is 4.36. The van der Waals surface area contributed by atoms with E-state index >= 15 is 0 Å². The Morgan fingerprint density at radius 1 is 1.62 bits per heavy atom. The molecule has 0 amide bonds. The molecule has 6 heteroatoms. The van der Waals surface area contributed by atoms with Crippen molar-refractivity contribution in [3.8, 4) is 0 Å². The quantitative estimate of drug-likeness (QED) is 0.643. The number of hydrogen-bond acceptors (Lipinski definition) is 4. The highest BCUT2D eigenvalue weighted by Gasteiger charge is 2.28. The molecule has 1 fully saturated rings. The Hall–Kier alpha value is -0.170. The van der Waals surface area contributed by atoms with Crippen LogP contribution in [0.3, 0.4) is 0 Å². The lowest BCUT2D eigenvalue weighted by atomic mass is 10.3. The van der Waals surface area contributed by atoms with Crippen LogP contribution in [0.4, 0.5) is 0 Å². The summed E-state index contributed by atoms with van der Waals surface area (Å²) in [5.74, 6) is 0.0518. The first-order valence-corrected chi connectivity index (χ1v) is 5.89. The van der Waals surface area contributed by atoms with Gasteiger partial charge in [0.05, 0.1) is 12.4 Å². The van der Waals surface area contributed by atoms with Crippen molar-refractivity contribution in [3.63, 3.8) is 0 Å². The molecule has 0 radical (unpaired) electrons. The van der Waals surface area contributed by atoms with Crippen LogP contribution in [-0.2, 0) is 14.8 Å². The molecule has 0 saturated carbocycles. The summed E-state index contributed by atoms with van der Waals surface area (Å²) in [6, 6.07) is -0.00248. The number of nitrogens with zero attached hydrogens (tertiary/aromatic N) is 1. The van der Waals surface area contributed by atoms with Gasteiger partial charge in [0.25, 0.3) is 0 Å². The van der Waals surface area contributed by atoms with E-state index in [2.05, 4.69) is 0 Å². The molecule has 1 heterocycles. The highest BCUT2D eigenvalue weighted by atomic mass is 32.2. The summed E-state index contributed by atoms with van der Waals surface area (Å²) in [5.41, 5.74) is 5.61. The molecule has 0 aromatic heterocycles. The summed E-state index contributed by atoms with van der Waals surface area (Å²) in [4.78, 5) is 0. The first-order chi connectivity index (χ1) is 6.06. The Labute approximate surface area is 78.9 Å². The van der Waals surface area contributed by atoms with Crippen LogP contribution in [0.2, 0.25) is 0 Å². The van der Waals surface area contributed by atoms with Crippen molar-refractivity contribution in [2.24, 2.45) is 5.73 Å². The third-order valence-corrected chi connectivity index (χ3v) is 3.93. The fraction of sp³-hybridized carbons (Fsp3) is 1.00. The zero-order valence-electron chi connectivity index (χ0n) is 7.77. The molecule has 1 rings (SSSR count). The van der Waals surface area contributed by atoms with Crippen LogP contribution >= 0.6 is 0 Å². The Bertz CT molecular complexity index is 252. The molecule has 1 atom stereocenters. The number of nitrogens with two attached hydrogens (primary N) is 1. The van der Waals surface area contributed by atoms with Gasteiger partial charge in [-0.3, -0.25) is 0 Å². The zero-order valence-corrected chi connectivity index (χ0v) is 8.59. The third-order valence-electron chi connectivity index (χ3n) is 2.13. The van der Waals surface area contributed by atoms with Gasteiger partial charge in [-0.1, -0.05) is 0 Å². The molecule has 0 unspecified atom stereocenters. The smallest absolute Gasteiger partial charge is 0.216 e. The van der Waals surface area contributed by atoms with Gasteiger partial charge in [0.1, 0.15) is 0 Å². The van der Waals surface area contributed by atoms with E-state index in [0.29, 0.717) is 13.1 Å². The first kappa shape index (κ1) is 10.9. The molecule has 1 aliphatic heterocycles. The van der Waals surface area contributed by atoms with Crippen molar-refractivity contribution in [2.75, 3.05) is 32.6 Å². The first-order valence-electron chi connectivity index (χ1n) is 4.28. The standard InChI is InChI=1S/C7H16N2O3S/c1-12-4-5-13(10,11)9-3-2-7(8)6-9/h7H,2-6,8H2,1H3/t7-/m1/s1. The minimum atomic E-state index is -3.13. The van der Waals surface area contributed by atoms with E-state index in [1.165, 1.54) is 11.4 Å². The van der Waals surface area contributed by atoms with Crippen molar-refractivity contribution >= 4 is 10.0 Å². The van der Waals surface area contributed by atoms with Crippen LogP contribution in [0.1, 0.15) is 6.42 Å². The third kappa shape index (κ3) is 2.91. The monoisotopic (exact) mass is 208 g/mol. The van der Waals surface area contributed by atoms with Gasteiger partial charge >= 0.3 is 0 Å². The maximum Gasteiger partial charge on any atom is 0.216 e. The van der Waals surface area contributed by atoms with Crippen molar-refractivity contribution < 1.29 is 13.2 Å². The van der Waals surface area contributed by atoms with Crippen molar-refractivity contribution in [2.45, 2.75) is 12.5 Å². The van der Waals surface area contributed by atoms with Gasteiger partial charge in [-0.05, 0) is 6.42 Å². The van der Waals surface area contributed by atoms with Crippen LogP contribution in [0.5, 0.6) is 0 Å². The maximum absolute atomic E-state index is 11.5. The summed E-state index contributed by atoms with van der Waals surface area (Å²) in [5, 5.41) is 0. The van der Waals surface area contributed by atoms with E-state index in [-0.39, 0.29) is 18.4 Å². The van der Waals surface area contributed by atoms with Crippen molar-refractivity contribution in [1.29, 1.82) is 0 Å². The lowest BCUT2D eigenvalue weighted by molar-refractivity contribution is 0.215. The Balaban J connectivity index is 2.50. The Morgan fingerprint density at radius 2 is 2.31 bits per heavy atom. The van der Waals surface area contributed by atoms with Gasteiger partial charge in [-0.15, -0.1) is 0 Å². The van der Waals surface area contributed by atoms with Crippen LogP contribution in [0.15, 0.2) is 0 Å². The highest BCUT2D eigenvalue weighted by molar-refractivity contribution is 7.89. The van der Waals surface area contributed by atoms with Crippen LogP contribution in [0.25, 0.3) is 0 Å². The van der Waals surface area contributed by atoms with Crippen LogP contribution < -0.4 is 5.73 Å². The van der Waals surface area contributed by atoms with E-state index in [9.17, 15) is 8.42 Å². The molecule has 78 valence electrons. The molecular weight excluding hydrogens is 192 g/mol. The Morgan fingerprint density at radius 3 is 2.77 bits per heavy atom. The Kier molecular flexibility index (Phi) is 3.66. The molecule has 0 aromatic rings. The minimum Gasteiger partial charge on any atom is -0.384 e. The topological polar surface area (TPSA) is 72.6 Å². The number of sulfonamides is 1. The number of methoxy groups -OCH3 is 1. The molecule has 2 N–H and O–H groups in total. The number of ether oxygens (including phenoxy) is 1. The SMILES string of the molecule is COCCS(=O)(=O)N1CC[C@@H](N)C1. The highest BCUT2D eigenvalue weighted by Crippen LogP contribution is 2.12. The lowest BCUT2D eigenvalue weighted by Crippen LogP contribution is -2.34. The van der Waals surface area contributed by atoms with Gasteiger partial charge in [0.15, 0.2) is 0 Å². The average Bonchev–Trinajstić information content (AvgIpc) is 2.49. The predicted octanol–water partition coefficient (Wildman–Crippen LogP) is -1.00. The molecule has 1 aliphatic rings. The van der Waals surface area contributed by atoms with E-state index in [1.807, 2.05) is 0 Å². The average molecular weight is 208 g/mol. The second-order valence-corrected chi connectivity index (χ2v) is 5.30. The lowest BCUT2D eigenvalue weighted by Gasteiger charge is -2.15. The normalized spacial score (nSPS) is 25.2.